The van der Waals surface area contributed by atoms with E-state index in [1.807, 2.05) is 18.5 Å². The summed E-state index contributed by atoms with van der Waals surface area (Å²) in [5.41, 5.74) is 3.34. The van der Waals surface area contributed by atoms with Gasteiger partial charge in [0.1, 0.15) is 0 Å². The Morgan fingerprint density at radius 2 is 2.00 bits per heavy atom. The summed E-state index contributed by atoms with van der Waals surface area (Å²) >= 11 is 0. The Bertz CT molecular complexity index is 919. The lowest BCUT2D eigenvalue weighted by Crippen LogP contribution is -2.51. The quantitative estimate of drug-likeness (QED) is 0.731. The minimum atomic E-state index is 0.272. The van der Waals surface area contributed by atoms with Crippen molar-refractivity contribution in [3.05, 3.63) is 41.6 Å². The first kappa shape index (κ1) is 20.9. The molecule has 1 aromatic heterocycles. The van der Waals surface area contributed by atoms with E-state index in [2.05, 4.69) is 56.8 Å². The molecule has 3 heterocycles. The fourth-order valence-corrected chi connectivity index (χ4v) is 4.89. The molecule has 30 heavy (non-hydrogen) atoms. The van der Waals surface area contributed by atoms with Gasteiger partial charge in [0.2, 0.25) is 5.91 Å². The van der Waals surface area contributed by atoms with Gasteiger partial charge in [-0.1, -0.05) is 25.1 Å². The van der Waals surface area contributed by atoms with Gasteiger partial charge in [-0.3, -0.25) is 19.7 Å². The summed E-state index contributed by atoms with van der Waals surface area (Å²) in [6, 6.07) is 8.49. The highest BCUT2D eigenvalue weighted by molar-refractivity contribution is 5.99. The summed E-state index contributed by atoms with van der Waals surface area (Å²) in [6.45, 7) is 8.50. The Hall–Kier alpha value is -2.31. The number of likely N-dealkylation sites (tertiary alicyclic amines) is 1. The Labute approximate surface area is 179 Å². The topological polar surface area (TPSA) is 52.0 Å². The summed E-state index contributed by atoms with van der Waals surface area (Å²) in [7, 11) is 3.93. The smallest absolute Gasteiger partial charge is 0.236 e. The van der Waals surface area contributed by atoms with E-state index < -0.39 is 0 Å². The zero-order valence-electron chi connectivity index (χ0n) is 18.4. The number of pyridine rings is 1. The van der Waals surface area contributed by atoms with Crippen LogP contribution in [0.1, 0.15) is 30.4 Å². The van der Waals surface area contributed by atoms with Crippen molar-refractivity contribution in [2.75, 3.05) is 59.9 Å². The second-order valence-corrected chi connectivity index (χ2v) is 8.95. The van der Waals surface area contributed by atoms with Gasteiger partial charge >= 0.3 is 0 Å². The van der Waals surface area contributed by atoms with Crippen molar-refractivity contribution in [1.29, 1.82) is 0 Å². The molecule has 0 spiro atoms. The molecule has 0 N–H and O–H groups in total. The van der Waals surface area contributed by atoms with Crippen LogP contribution in [0.4, 0.5) is 0 Å². The number of carbonyl (C=O) groups is 1. The molecule has 0 aliphatic carbocycles. The van der Waals surface area contributed by atoms with Crippen LogP contribution in [-0.4, -0.2) is 91.7 Å². The lowest BCUT2D eigenvalue weighted by Gasteiger charge is -2.39. The average molecular weight is 408 g/mol. The van der Waals surface area contributed by atoms with Gasteiger partial charge in [-0.05, 0) is 31.0 Å². The van der Waals surface area contributed by atoms with Crippen LogP contribution in [0.2, 0.25) is 0 Å². The van der Waals surface area contributed by atoms with Gasteiger partial charge < -0.3 is 9.80 Å². The van der Waals surface area contributed by atoms with Crippen LogP contribution in [0.5, 0.6) is 0 Å². The number of hydrogen-bond donors (Lipinski definition) is 0. The molecule has 2 aliphatic heterocycles. The third-order valence-corrected chi connectivity index (χ3v) is 6.51. The molecule has 6 heteroatoms. The second-order valence-electron chi connectivity index (χ2n) is 8.95. The fourth-order valence-electron chi connectivity index (χ4n) is 4.89. The van der Waals surface area contributed by atoms with Crippen molar-refractivity contribution < 1.29 is 4.79 Å². The first-order valence-electron chi connectivity index (χ1n) is 11.0. The lowest BCUT2D eigenvalue weighted by molar-refractivity contribution is -0.134. The van der Waals surface area contributed by atoms with E-state index in [1.54, 1.807) is 7.05 Å². The molecule has 6 nitrogen and oxygen atoms in total. The fraction of sp³-hybridized carbons (Fsp3) is 0.542. The highest BCUT2D eigenvalue weighted by atomic mass is 16.2. The average Bonchev–Trinajstić information content (AvgIpc) is 2.75. The van der Waals surface area contributed by atoms with E-state index in [-0.39, 0.29) is 5.91 Å². The first-order chi connectivity index (χ1) is 14.5. The van der Waals surface area contributed by atoms with Crippen LogP contribution in [0.15, 0.2) is 35.5 Å². The summed E-state index contributed by atoms with van der Waals surface area (Å²) in [4.78, 5) is 28.6. The van der Waals surface area contributed by atoms with E-state index in [1.165, 1.54) is 10.9 Å². The lowest BCUT2D eigenvalue weighted by atomic mass is 9.83. The maximum atomic E-state index is 13.1. The summed E-state index contributed by atoms with van der Waals surface area (Å²) in [6.07, 6.45) is 4.81. The van der Waals surface area contributed by atoms with E-state index in [9.17, 15) is 4.79 Å². The number of fused-ring (bicyclic) bond motifs is 1. The van der Waals surface area contributed by atoms with Gasteiger partial charge in [0, 0.05) is 75.6 Å². The molecule has 0 unspecified atom stereocenters. The molecule has 160 valence electrons. The summed E-state index contributed by atoms with van der Waals surface area (Å²) < 4.78 is 0. The molecule has 2 aliphatic rings. The highest BCUT2D eigenvalue weighted by Crippen LogP contribution is 2.34. The monoisotopic (exact) mass is 407 g/mol. The summed E-state index contributed by atoms with van der Waals surface area (Å²) in [5, 5.41) is 1.18. The van der Waals surface area contributed by atoms with Crippen LogP contribution in [-0.2, 0) is 4.79 Å². The molecule has 2 atom stereocenters. The molecule has 0 bridgehead atoms. The molecule has 0 saturated carbocycles. The number of hydrogen-bond acceptors (Lipinski definition) is 5. The van der Waals surface area contributed by atoms with Crippen LogP contribution in [0.25, 0.3) is 10.9 Å². The van der Waals surface area contributed by atoms with Crippen LogP contribution in [0, 0.1) is 5.92 Å². The molecule has 2 saturated heterocycles. The van der Waals surface area contributed by atoms with E-state index in [0.717, 1.165) is 56.8 Å². The van der Waals surface area contributed by atoms with E-state index in [0.29, 0.717) is 18.4 Å². The number of piperazine rings is 1. The summed E-state index contributed by atoms with van der Waals surface area (Å²) in [5.74, 6) is 1.10. The number of aliphatic imine (C=N–C) groups is 1. The van der Waals surface area contributed by atoms with Gasteiger partial charge in [0.05, 0.1) is 12.1 Å². The number of benzene rings is 1. The van der Waals surface area contributed by atoms with E-state index >= 15 is 0 Å². The van der Waals surface area contributed by atoms with Crippen molar-refractivity contribution in [2.24, 2.45) is 10.9 Å². The minimum Gasteiger partial charge on any atom is -0.341 e. The molecule has 2 aromatic rings. The van der Waals surface area contributed by atoms with Crippen molar-refractivity contribution in [2.45, 2.75) is 19.3 Å². The molecule has 0 radical (unpaired) electrons. The number of piperidine rings is 1. The Balaban J connectivity index is 1.54. The Morgan fingerprint density at radius 1 is 1.20 bits per heavy atom. The number of rotatable bonds is 4. The number of nitrogens with zero attached hydrogens (tertiary/aromatic N) is 5. The third-order valence-electron chi connectivity index (χ3n) is 6.51. The van der Waals surface area contributed by atoms with E-state index in [4.69, 9.17) is 0 Å². The van der Waals surface area contributed by atoms with Crippen LogP contribution < -0.4 is 0 Å². The Morgan fingerprint density at radius 3 is 2.77 bits per heavy atom. The van der Waals surface area contributed by atoms with Gasteiger partial charge in [-0.2, -0.15) is 0 Å². The van der Waals surface area contributed by atoms with Crippen molar-refractivity contribution in [3.63, 3.8) is 0 Å². The molecule has 1 amide bonds. The molecular formula is C24H33N5O. The zero-order valence-corrected chi connectivity index (χ0v) is 18.4. The number of likely N-dealkylation sites (N-methyl/N-ethyl adjacent to an activating group) is 1. The van der Waals surface area contributed by atoms with Gasteiger partial charge in [-0.15, -0.1) is 0 Å². The predicted molar refractivity (Wildman–Crippen MR) is 122 cm³/mol. The van der Waals surface area contributed by atoms with Crippen molar-refractivity contribution in [3.8, 4) is 0 Å². The molecule has 1 aromatic carbocycles. The molecule has 2 fully saturated rings. The highest BCUT2D eigenvalue weighted by Gasteiger charge is 2.31. The van der Waals surface area contributed by atoms with Gasteiger partial charge in [-0.25, -0.2) is 0 Å². The third kappa shape index (κ3) is 4.55. The molecule has 4 rings (SSSR count). The molecular weight excluding hydrogens is 374 g/mol. The predicted octanol–water partition coefficient (Wildman–Crippen LogP) is 2.48. The van der Waals surface area contributed by atoms with Crippen LogP contribution >= 0.6 is 0 Å². The number of carbonyl (C=O) groups excluding carboxylic acids is 1. The Kier molecular flexibility index (Phi) is 6.44. The largest absolute Gasteiger partial charge is 0.341 e. The standard InChI is InChI=1S/C24H33N5O/c1-18-13-20(16-29(15-18)23(30)17-28-11-9-27(3)10-12-28)21-7-6-19(14-25-2)24-22(21)5-4-8-26-24/h4-8,14,18,20H,9-13,15-17H2,1-3H3/b25-14-/t18-,20+/m1/s1. The maximum absolute atomic E-state index is 13.1. The van der Waals surface area contributed by atoms with Crippen molar-refractivity contribution in [1.82, 2.24) is 19.7 Å². The first-order valence-corrected chi connectivity index (χ1v) is 11.0. The number of amides is 1. The zero-order chi connectivity index (χ0) is 21.1. The van der Waals surface area contributed by atoms with Gasteiger partial charge in [0.15, 0.2) is 0 Å². The number of aromatic nitrogens is 1. The van der Waals surface area contributed by atoms with Gasteiger partial charge in [0.25, 0.3) is 0 Å². The SMILES string of the molecule is C/N=C\c1ccc([C@H]2C[C@@H](C)CN(C(=O)CN3CCN(C)CC3)C2)c2cccnc12. The van der Waals surface area contributed by atoms with Crippen molar-refractivity contribution >= 4 is 23.0 Å². The minimum absolute atomic E-state index is 0.272. The second kappa shape index (κ2) is 9.23. The maximum Gasteiger partial charge on any atom is 0.236 e. The van der Waals surface area contributed by atoms with Crippen LogP contribution in [0.3, 0.4) is 0 Å². The normalized spacial score (nSPS) is 24.0.